The monoisotopic (exact) mass is 223 g/mol. The van der Waals surface area contributed by atoms with Crippen LogP contribution in [0.2, 0.25) is 0 Å². The van der Waals surface area contributed by atoms with Crippen LogP contribution in [0.3, 0.4) is 0 Å². The Bertz CT molecular complexity index is 336. The summed E-state index contributed by atoms with van der Waals surface area (Å²) in [7, 11) is 5.91. The molecule has 3 nitrogen and oxygen atoms in total. The van der Waals surface area contributed by atoms with Gasteiger partial charge < -0.3 is 15.5 Å². The van der Waals surface area contributed by atoms with E-state index in [2.05, 4.69) is 21.6 Å². The zero-order valence-electron chi connectivity index (χ0n) is 9.37. The molecule has 4 heteroatoms. The van der Waals surface area contributed by atoms with Gasteiger partial charge in [0.2, 0.25) is 0 Å². The Morgan fingerprint density at radius 2 is 2.00 bits per heavy atom. The summed E-state index contributed by atoms with van der Waals surface area (Å²) in [5.74, 6) is 0. The molecule has 0 atom stereocenters. The first-order valence-electron chi connectivity index (χ1n) is 4.85. The number of anilines is 1. The second kappa shape index (κ2) is 5.68. The van der Waals surface area contributed by atoms with Crippen molar-refractivity contribution in [2.45, 2.75) is 6.54 Å². The average molecular weight is 223 g/mol. The molecule has 0 saturated carbocycles. The van der Waals surface area contributed by atoms with Gasteiger partial charge in [0.25, 0.3) is 0 Å². The van der Waals surface area contributed by atoms with Crippen molar-refractivity contribution in [3.8, 4) is 0 Å². The van der Waals surface area contributed by atoms with Crippen LogP contribution in [-0.2, 0) is 6.54 Å². The fourth-order valence-electron chi connectivity index (χ4n) is 1.31. The molecule has 82 valence electrons. The predicted molar refractivity (Wildman–Crippen MR) is 69.1 cm³/mol. The fourth-order valence-corrected chi connectivity index (χ4v) is 1.42. The first-order chi connectivity index (χ1) is 7.13. The number of hydrogen-bond donors (Lipinski definition) is 2. The van der Waals surface area contributed by atoms with Crippen LogP contribution in [0.4, 0.5) is 5.69 Å². The number of nitrogens with zero attached hydrogens (tertiary/aromatic N) is 1. The van der Waals surface area contributed by atoms with Crippen molar-refractivity contribution < 1.29 is 0 Å². The summed E-state index contributed by atoms with van der Waals surface area (Å²) in [5.41, 5.74) is 2.30. The zero-order chi connectivity index (χ0) is 11.3. The summed E-state index contributed by atoms with van der Waals surface area (Å²) in [4.78, 5) is 2.13. The lowest BCUT2D eigenvalue weighted by Gasteiger charge is -2.15. The number of benzene rings is 1. The molecule has 0 aliphatic heterocycles. The highest BCUT2D eigenvalue weighted by Crippen LogP contribution is 2.15. The quantitative estimate of drug-likeness (QED) is 0.762. The molecule has 0 unspecified atom stereocenters. The van der Waals surface area contributed by atoms with E-state index in [1.165, 1.54) is 5.56 Å². The van der Waals surface area contributed by atoms with E-state index < -0.39 is 0 Å². The normalized spacial score (nSPS) is 10.1. The van der Waals surface area contributed by atoms with E-state index in [4.69, 9.17) is 12.2 Å². The minimum Gasteiger partial charge on any atom is -0.366 e. The van der Waals surface area contributed by atoms with Crippen LogP contribution < -0.4 is 10.6 Å². The van der Waals surface area contributed by atoms with E-state index in [0.29, 0.717) is 5.11 Å². The number of rotatable bonds is 3. The van der Waals surface area contributed by atoms with Crippen molar-refractivity contribution in [2.24, 2.45) is 0 Å². The lowest BCUT2D eigenvalue weighted by atomic mass is 10.1. The molecule has 1 aromatic rings. The van der Waals surface area contributed by atoms with Gasteiger partial charge in [-0.2, -0.15) is 0 Å². The maximum atomic E-state index is 5.07. The van der Waals surface area contributed by atoms with E-state index >= 15 is 0 Å². The zero-order valence-corrected chi connectivity index (χ0v) is 10.2. The standard InChI is InChI=1S/C11H17N3S/c1-12-11(15)13-10-7-5-4-6-9(10)8-14(2)3/h4-7H,8H2,1-3H3,(H2,12,13,15). The topological polar surface area (TPSA) is 27.3 Å². The third-order valence-electron chi connectivity index (χ3n) is 1.98. The first-order valence-corrected chi connectivity index (χ1v) is 5.25. The van der Waals surface area contributed by atoms with Crippen LogP contribution in [0.5, 0.6) is 0 Å². The van der Waals surface area contributed by atoms with E-state index in [0.717, 1.165) is 12.2 Å². The van der Waals surface area contributed by atoms with E-state index in [1.54, 1.807) is 0 Å². The van der Waals surface area contributed by atoms with Crippen LogP contribution in [0, 0.1) is 0 Å². The van der Waals surface area contributed by atoms with Gasteiger partial charge in [0.1, 0.15) is 0 Å². The molecular weight excluding hydrogens is 206 g/mol. The van der Waals surface area contributed by atoms with Gasteiger partial charge in [0.15, 0.2) is 5.11 Å². The lowest BCUT2D eigenvalue weighted by Crippen LogP contribution is -2.25. The van der Waals surface area contributed by atoms with Gasteiger partial charge in [0.05, 0.1) is 0 Å². The van der Waals surface area contributed by atoms with Crippen molar-refractivity contribution in [3.05, 3.63) is 29.8 Å². The fraction of sp³-hybridized carbons (Fsp3) is 0.364. The van der Waals surface area contributed by atoms with Gasteiger partial charge >= 0.3 is 0 Å². The number of nitrogens with one attached hydrogen (secondary N) is 2. The molecule has 0 fully saturated rings. The minimum atomic E-state index is 0.640. The Labute approximate surface area is 96.5 Å². The van der Waals surface area contributed by atoms with Crippen molar-refractivity contribution in [1.29, 1.82) is 0 Å². The molecule has 1 aromatic carbocycles. The van der Waals surface area contributed by atoms with E-state index in [9.17, 15) is 0 Å². The van der Waals surface area contributed by atoms with E-state index in [1.807, 2.05) is 39.3 Å². The van der Waals surface area contributed by atoms with E-state index in [-0.39, 0.29) is 0 Å². The maximum Gasteiger partial charge on any atom is 0.170 e. The molecule has 15 heavy (non-hydrogen) atoms. The van der Waals surface area contributed by atoms with Crippen LogP contribution in [0.1, 0.15) is 5.56 Å². The molecule has 0 heterocycles. The highest BCUT2D eigenvalue weighted by molar-refractivity contribution is 7.80. The lowest BCUT2D eigenvalue weighted by molar-refractivity contribution is 0.403. The molecule has 0 bridgehead atoms. The Morgan fingerprint density at radius 1 is 1.33 bits per heavy atom. The number of hydrogen-bond acceptors (Lipinski definition) is 2. The molecule has 0 aromatic heterocycles. The molecule has 0 radical (unpaired) electrons. The molecule has 0 aliphatic rings. The maximum absolute atomic E-state index is 5.07. The molecule has 0 amide bonds. The van der Waals surface area contributed by atoms with Gasteiger partial charge in [-0.25, -0.2) is 0 Å². The van der Waals surface area contributed by atoms with Crippen LogP contribution >= 0.6 is 12.2 Å². The van der Waals surface area contributed by atoms with Gasteiger partial charge in [-0.3, -0.25) is 0 Å². The Kier molecular flexibility index (Phi) is 4.52. The third kappa shape index (κ3) is 3.85. The summed E-state index contributed by atoms with van der Waals surface area (Å²) in [6, 6.07) is 8.16. The van der Waals surface area contributed by atoms with Crippen molar-refractivity contribution in [2.75, 3.05) is 26.5 Å². The van der Waals surface area contributed by atoms with Crippen LogP contribution in [-0.4, -0.2) is 31.2 Å². The first kappa shape index (κ1) is 11.9. The highest BCUT2D eigenvalue weighted by Gasteiger charge is 2.03. The minimum absolute atomic E-state index is 0.640. The van der Waals surface area contributed by atoms with Gasteiger partial charge in [-0.1, -0.05) is 18.2 Å². The van der Waals surface area contributed by atoms with Gasteiger partial charge in [-0.05, 0) is 37.9 Å². The molecule has 0 aliphatic carbocycles. The summed E-state index contributed by atoms with van der Waals surface area (Å²) in [6.45, 7) is 0.898. The van der Waals surface area contributed by atoms with Crippen molar-refractivity contribution >= 4 is 23.0 Å². The number of para-hydroxylation sites is 1. The summed E-state index contributed by atoms with van der Waals surface area (Å²) in [5, 5.41) is 6.70. The van der Waals surface area contributed by atoms with Crippen molar-refractivity contribution in [1.82, 2.24) is 10.2 Å². The summed E-state index contributed by atoms with van der Waals surface area (Å²) in [6.07, 6.45) is 0. The molecule has 0 spiro atoms. The Morgan fingerprint density at radius 3 is 2.60 bits per heavy atom. The molecule has 0 saturated heterocycles. The SMILES string of the molecule is CNC(=S)Nc1ccccc1CN(C)C. The molecule has 2 N–H and O–H groups in total. The predicted octanol–water partition coefficient (Wildman–Crippen LogP) is 1.66. The van der Waals surface area contributed by atoms with Crippen LogP contribution in [0.15, 0.2) is 24.3 Å². The molecular formula is C11H17N3S. The van der Waals surface area contributed by atoms with Crippen LogP contribution in [0.25, 0.3) is 0 Å². The summed E-state index contributed by atoms with van der Waals surface area (Å²) >= 11 is 5.07. The largest absolute Gasteiger partial charge is 0.366 e. The average Bonchev–Trinajstić information content (AvgIpc) is 2.20. The summed E-state index contributed by atoms with van der Waals surface area (Å²) < 4.78 is 0. The Hall–Kier alpha value is -1.13. The van der Waals surface area contributed by atoms with Gasteiger partial charge in [-0.15, -0.1) is 0 Å². The van der Waals surface area contributed by atoms with Gasteiger partial charge in [0, 0.05) is 19.3 Å². The molecule has 1 rings (SSSR count). The smallest absolute Gasteiger partial charge is 0.170 e. The van der Waals surface area contributed by atoms with Crippen molar-refractivity contribution in [3.63, 3.8) is 0 Å². The second-order valence-corrected chi connectivity index (χ2v) is 4.01. The third-order valence-corrected chi connectivity index (χ3v) is 2.29. The number of thiocarbonyl (C=S) groups is 1. The second-order valence-electron chi connectivity index (χ2n) is 3.60. The highest BCUT2D eigenvalue weighted by atomic mass is 32.1. The Balaban J connectivity index is 2.81.